The van der Waals surface area contributed by atoms with E-state index in [-0.39, 0.29) is 29.6 Å². The van der Waals surface area contributed by atoms with Crippen molar-refractivity contribution < 1.29 is 4.74 Å². The maximum Gasteiger partial charge on any atom is 0.191 e. The number of nitrogens with zero attached hydrogens (tertiary/aromatic N) is 3. The largest absolute Gasteiger partial charge is 0.377 e. The molecule has 1 heterocycles. The molecule has 0 aromatic heterocycles. The van der Waals surface area contributed by atoms with Gasteiger partial charge in [0, 0.05) is 60.0 Å². The minimum atomic E-state index is -0.220. The Bertz CT molecular complexity index is 568. The molecule has 0 unspecified atom stereocenters. The van der Waals surface area contributed by atoms with Crippen molar-refractivity contribution in [1.29, 1.82) is 0 Å². The lowest BCUT2D eigenvalue weighted by molar-refractivity contribution is 0.0268. The van der Waals surface area contributed by atoms with Gasteiger partial charge in [-0.1, -0.05) is 24.3 Å². The number of nitrogens with one attached hydrogen (secondary N) is 2. The highest BCUT2D eigenvalue weighted by molar-refractivity contribution is 14.0. The second kappa shape index (κ2) is 11.8. The van der Waals surface area contributed by atoms with Crippen molar-refractivity contribution in [3.8, 4) is 0 Å². The van der Waals surface area contributed by atoms with Crippen molar-refractivity contribution in [2.45, 2.75) is 32.5 Å². The van der Waals surface area contributed by atoms with E-state index in [4.69, 9.17) is 4.74 Å². The van der Waals surface area contributed by atoms with Crippen LogP contribution in [0, 0.1) is 0 Å². The molecule has 2 N–H and O–H groups in total. The summed E-state index contributed by atoms with van der Waals surface area (Å²) in [4.78, 5) is 9.18. The fraction of sp³-hybridized carbons (Fsp3) is 0.650. The van der Waals surface area contributed by atoms with Crippen LogP contribution >= 0.6 is 24.0 Å². The van der Waals surface area contributed by atoms with Crippen LogP contribution < -0.4 is 10.6 Å². The minimum Gasteiger partial charge on any atom is -0.377 e. The van der Waals surface area contributed by atoms with Crippen molar-refractivity contribution in [2.75, 3.05) is 53.9 Å². The monoisotopic (exact) mass is 489 g/mol. The first-order valence-corrected chi connectivity index (χ1v) is 9.40. The van der Waals surface area contributed by atoms with Crippen LogP contribution in [0.2, 0.25) is 0 Å². The summed E-state index contributed by atoms with van der Waals surface area (Å²) in [5.74, 6) is 0.789. The molecular weight excluding hydrogens is 453 g/mol. The van der Waals surface area contributed by atoms with E-state index < -0.39 is 0 Å². The molecule has 0 atom stereocenters. The number of hydrogen-bond donors (Lipinski definition) is 2. The summed E-state index contributed by atoms with van der Waals surface area (Å²) in [6.45, 7) is 11.2. The highest BCUT2D eigenvalue weighted by Gasteiger charge is 2.16. The third-order valence-electron chi connectivity index (χ3n) is 4.94. The molecule has 0 amide bonds. The predicted octanol–water partition coefficient (Wildman–Crippen LogP) is 2.14. The third-order valence-corrected chi connectivity index (χ3v) is 4.94. The SMILES string of the molecule is CN=C(NCc1ccc(CN2CCN(C)CC2)cc1)NCC(C)(C)OC.I. The molecule has 1 fully saturated rings. The van der Waals surface area contributed by atoms with E-state index in [0.29, 0.717) is 6.54 Å². The molecule has 27 heavy (non-hydrogen) atoms. The quantitative estimate of drug-likeness (QED) is 0.349. The molecule has 2 rings (SSSR count). The van der Waals surface area contributed by atoms with Crippen molar-refractivity contribution in [1.82, 2.24) is 20.4 Å². The molecule has 0 spiro atoms. The van der Waals surface area contributed by atoms with Crippen LogP contribution in [0.3, 0.4) is 0 Å². The Morgan fingerprint density at radius 1 is 1.07 bits per heavy atom. The lowest BCUT2D eigenvalue weighted by Gasteiger charge is -2.32. The van der Waals surface area contributed by atoms with Gasteiger partial charge >= 0.3 is 0 Å². The molecule has 1 aliphatic rings. The Balaban J connectivity index is 0.00000364. The Labute approximate surface area is 181 Å². The van der Waals surface area contributed by atoms with E-state index in [1.165, 1.54) is 11.1 Å². The van der Waals surface area contributed by atoms with Gasteiger partial charge in [-0.3, -0.25) is 9.89 Å². The third kappa shape index (κ3) is 8.76. The summed E-state index contributed by atoms with van der Waals surface area (Å²) in [5, 5.41) is 6.66. The van der Waals surface area contributed by atoms with Crippen LogP contribution in [-0.2, 0) is 17.8 Å². The van der Waals surface area contributed by atoms with Gasteiger partial charge in [0.2, 0.25) is 0 Å². The smallest absolute Gasteiger partial charge is 0.191 e. The van der Waals surface area contributed by atoms with E-state index in [1.807, 2.05) is 13.8 Å². The van der Waals surface area contributed by atoms with Gasteiger partial charge in [0.25, 0.3) is 0 Å². The summed E-state index contributed by atoms with van der Waals surface area (Å²) in [5.41, 5.74) is 2.41. The van der Waals surface area contributed by atoms with Crippen molar-refractivity contribution in [3.05, 3.63) is 35.4 Å². The van der Waals surface area contributed by atoms with Crippen LogP contribution in [0.4, 0.5) is 0 Å². The van der Waals surface area contributed by atoms with Crippen LogP contribution in [0.5, 0.6) is 0 Å². The number of guanidine groups is 1. The van der Waals surface area contributed by atoms with Crippen molar-refractivity contribution >= 4 is 29.9 Å². The first kappa shape index (κ1) is 24.1. The topological polar surface area (TPSA) is 52.1 Å². The Morgan fingerprint density at radius 3 is 2.22 bits per heavy atom. The van der Waals surface area contributed by atoms with Gasteiger partial charge in [-0.25, -0.2) is 0 Å². The lowest BCUT2D eigenvalue weighted by atomic mass is 10.1. The zero-order valence-corrected chi connectivity index (χ0v) is 19.7. The molecule has 1 aliphatic heterocycles. The van der Waals surface area contributed by atoms with Crippen molar-refractivity contribution in [2.24, 2.45) is 4.99 Å². The maximum absolute atomic E-state index is 5.42. The molecule has 0 radical (unpaired) electrons. The molecule has 1 aromatic carbocycles. The molecule has 1 saturated heterocycles. The molecule has 7 heteroatoms. The molecule has 1 aromatic rings. The van der Waals surface area contributed by atoms with Crippen molar-refractivity contribution in [3.63, 3.8) is 0 Å². The van der Waals surface area contributed by atoms with Crippen LogP contribution in [0.25, 0.3) is 0 Å². The number of aliphatic imine (C=N–C) groups is 1. The highest BCUT2D eigenvalue weighted by Crippen LogP contribution is 2.10. The maximum atomic E-state index is 5.42. The Morgan fingerprint density at radius 2 is 1.67 bits per heavy atom. The van der Waals surface area contributed by atoms with Gasteiger partial charge in [-0.2, -0.15) is 0 Å². The fourth-order valence-corrected chi connectivity index (χ4v) is 2.80. The van der Waals surface area contributed by atoms with Gasteiger partial charge in [0.1, 0.15) is 0 Å². The first-order valence-electron chi connectivity index (χ1n) is 9.40. The van der Waals surface area contributed by atoms with Crippen LogP contribution in [0.1, 0.15) is 25.0 Å². The number of methoxy groups -OCH3 is 1. The average molecular weight is 489 g/mol. The van der Waals surface area contributed by atoms with E-state index in [2.05, 4.69) is 56.7 Å². The second-order valence-corrected chi connectivity index (χ2v) is 7.64. The lowest BCUT2D eigenvalue weighted by Crippen LogP contribution is -2.45. The summed E-state index contributed by atoms with van der Waals surface area (Å²) in [7, 11) is 5.70. The standard InChI is InChI=1S/C20H35N5O.HI/c1-20(2,26-5)16-23-19(21-3)22-14-17-6-8-18(9-7-17)15-25-12-10-24(4)11-13-25;/h6-9H,10-16H2,1-5H3,(H2,21,22,23);1H. The Kier molecular flexibility index (Phi) is 10.6. The van der Waals surface area contributed by atoms with E-state index >= 15 is 0 Å². The number of halogens is 1. The molecule has 6 nitrogen and oxygen atoms in total. The van der Waals surface area contributed by atoms with E-state index in [9.17, 15) is 0 Å². The summed E-state index contributed by atoms with van der Waals surface area (Å²) in [6.07, 6.45) is 0. The van der Waals surface area contributed by atoms with E-state index in [1.54, 1.807) is 14.2 Å². The molecule has 154 valence electrons. The number of likely N-dealkylation sites (N-methyl/N-ethyl adjacent to an activating group) is 1. The predicted molar refractivity (Wildman–Crippen MR) is 124 cm³/mol. The molecule has 0 saturated carbocycles. The normalized spacial score (nSPS) is 16.7. The average Bonchev–Trinajstić information content (AvgIpc) is 2.65. The van der Waals surface area contributed by atoms with Gasteiger partial charge in [-0.05, 0) is 32.0 Å². The summed E-state index contributed by atoms with van der Waals surface area (Å²) >= 11 is 0. The summed E-state index contributed by atoms with van der Waals surface area (Å²) < 4.78 is 5.42. The number of rotatable bonds is 7. The van der Waals surface area contributed by atoms with Crippen LogP contribution in [-0.4, -0.2) is 75.3 Å². The molecule has 0 bridgehead atoms. The first-order chi connectivity index (χ1) is 12.4. The fourth-order valence-electron chi connectivity index (χ4n) is 2.80. The van der Waals surface area contributed by atoms with E-state index in [0.717, 1.165) is 45.2 Å². The molecule has 0 aliphatic carbocycles. The minimum absolute atomic E-state index is 0. The molecular formula is C20H36IN5O. The highest BCUT2D eigenvalue weighted by atomic mass is 127. The van der Waals surface area contributed by atoms with Crippen LogP contribution in [0.15, 0.2) is 29.3 Å². The van der Waals surface area contributed by atoms with Gasteiger partial charge in [0.15, 0.2) is 5.96 Å². The summed E-state index contributed by atoms with van der Waals surface area (Å²) in [6, 6.07) is 8.87. The zero-order valence-electron chi connectivity index (χ0n) is 17.4. The Hall–Kier alpha value is -0.900. The number of benzene rings is 1. The second-order valence-electron chi connectivity index (χ2n) is 7.64. The van der Waals surface area contributed by atoms with Gasteiger partial charge in [-0.15, -0.1) is 24.0 Å². The number of ether oxygens (including phenoxy) is 1. The number of piperazine rings is 1. The number of hydrogen-bond acceptors (Lipinski definition) is 4. The van der Waals surface area contributed by atoms with Gasteiger partial charge in [0.05, 0.1) is 5.60 Å². The zero-order chi connectivity index (χ0) is 19.0. The van der Waals surface area contributed by atoms with Gasteiger partial charge < -0.3 is 20.3 Å².